The van der Waals surface area contributed by atoms with Crippen molar-refractivity contribution in [1.29, 1.82) is 0 Å². The van der Waals surface area contributed by atoms with Crippen LogP contribution in [0.4, 0.5) is 0 Å². The van der Waals surface area contributed by atoms with Gasteiger partial charge in [-0.1, -0.05) is 0 Å². The molecule has 0 aliphatic carbocycles. The molecule has 0 heterocycles. The Morgan fingerprint density at radius 2 is 0.889 bits per heavy atom. The van der Waals surface area contributed by atoms with E-state index in [4.69, 9.17) is 19.2 Å². The molecular formula is C12H10CeO4P-2. The van der Waals surface area contributed by atoms with Crippen LogP contribution in [0.3, 0.4) is 0 Å². The first-order valence-corrected chi connectivity index (χ1v) is 6.01. The Morgan fingerprint density at radius 1 is 0.667 bits per heavy atom. The maximum Gasteiger partial charge on any atom is 3.00 e. The summed E-state index contributed by atoms with van der Waals surface area (Å²) in [6.45, 7) is 0. The second-order valence-electron chi connectivity index (χ2n) is 2.60. The van der Waals surface area contributed by atoms with E-state index in [1.807, 2.05) is 60.7 Å². The van der Waals surface area contributed by atoms with Gasteiger partial charge in [0, 0.05) is 0 Å². The molecule has 0 fully saturated rings. The zero-order valence-electron chi connectivity index (χ0n) is 9.35. The second kappa shape index (κ2) is 13.4. The van der Waals surface area contributed by atoms with E-state index in [1.165, 1.54) is 0 Å². The third-order valence-electron chi connectivity index (χ3n) is 1.21. The Balaban J connectivity index is 0. The maximum atomic E-state index is 8.55. The molecule has 18 heavy (non-hydrogen) atoms. The van der Waals surface area contributed by atoms with E-state index < -0.39 is 7.82 Å². The molecule has 4 nitrogen and oxygen atoms in total. The van der Waals surface area contributed by atoms with E-state index in [2.05, 4.69) is 12.1 Å². The second-order valence-corrected chi connectivity index (χ2v) is 3.50. The van der Waals surface area contributed by atoms with Crippen molar-refractivity contribution in [2.24, 2.45) is 0 Å². The van der Waals surface area contributed by atoms with E-state index >= 15 is 0 Å². The summed E-state index contributed by atoms with van der Waals surface area (Å²) in [5.74, 6) is 0. The van der Waals surface area contributed by atoms with Crippen molar-refractivity contribution in [1.82, 2.24) is 0 Å². The summed E-state index contributed by atoms with van der Waals surface area (Å²) in [6, 6.07) is 25.0. The first kappa shape index (κ1) is 20.2. The molecule has 2 aromatic carbocycles. The van der Waals surface area contributed by atoms with Crippen LogP contribution in [0.15, 0.2) is 60.7 Å². The molecule has 0 N–H and O–H groups in total. The summed E-state index contributed by atoms with van der Waals surface area (Å²) >= 11 is 0. The van der Waals surface area contributed by atoms with Gasteiger partial charge >= 0.3 is 41.7 Å². The van der Waals surface area contributed by atoms with Crippen LogP contribution < -0.4 is 14.7 Å². The van der Waals surface area contributed by atoms with Crippen molar-refractivity contribution in [2.45, 2.75) is 0 Å². The fraction of sp³-hybridized carbons (Fsp3) is 0. The summed E-state index contributed by atoms with van der Waals surface area (Å²) in [6.07, 6.45) is 0. The number of hydrogen-bond acceptors (Lipinski definition) is 4. The third kappa shape index (κ3) is 24.9. The van der Waals surface area contributed by atoms with Gasteiger partial charge in [-0.2, -0.15) is 80.6 Å². The van der Waals surface area contributed by atoms with Crippen LogP contribution in [-0.2, 0) is 4.57 Å². The summed E-state index contributed by atoms with van der Waals surface area (Å²) in [7, 11) is -5.39. The van der Waals surface area contributed by atoms with Gasteiger partial charge in [0.15, 0.2) is 0 Å². The van der Waals surface area contributed by atoms with E-state index in [9.17, 15) is 0 Å². The average Bonchev–Trinajstić information content (AvgIpc) is 2.32. The van der Waals surface area contributed by atoms with E-state index in [-0.39, 0.29) is 41.7 Å². The van der Waals surface area contributed by atoms with Gasteiger partial charge in [-0.3, -0.25) is 0 Å². The van der Waals surface area contributed by atoms with Crippen LogP contribution in [0.2, 0.25) is 0 Å². The van der Waals surface area contributed by atoms with Crippen molar-refractivity contribution >= 4 is 7.82 Å². The minimum atomic E-state index is -5.39. The molecule has 2 rings (SSSR count). The summed E-state index contributed by atoms with van der Waals surface area (Å²) in [5, 5.41) is 0. The maximum absolute atomic E-state index is 8.55. The van der Waals surface area contributed by atoms with Crippen molar-refractivity contribution < 1.29 is 61.0 Å². The van der Waals surface area contributed by atoms with Crippen LogP contribution in [0, 0.1) is 53.9 Å². The Bertz CT molecular complexity index is 312. The van der Waals surface area contributed by atoms with Crippen molar-refractivity contribution in [3.63, 3.8) is 0 Å². The zero-order chi connectivity index (χ0) is 13.0. The largest absolute Gasteiger partial charge is 3.00 e. The summed E-state index contributed by atoms with van der Waals surface area (Å²) in [4.78, 5) is 25.6. The minimum Gasteiger partial charge on any atom is -0.822 e. The number of rotatable bonds is 0. The fourth-order valence-electron chi connectivity index (χ4n) is 0.684. The standard InChI is InChI=1S/2C6H5.Ce.H3O4P/c2*1-2-4-6-5-3-1;;1-5(2,3)4/h2*1-5H;;(H3,1,2,3,4)/q2*-1;+3;/p-3. The van der Waals surface area contributed by atoms with Crippen LogP contribution in [0.5, 0.6) is 0 Å². The van der Waals surface area contributed by atoms with Crippen LogP contribution in [-0.4, -0.2) is 0 Å². The van der Waals surface area contributed by atoms with Gasteiger partial charge in [-0.05, 0) is 0 Å². The molecule has 93 valence electrons. The van der Waals surface area contributed by atoms with E-state index in [0.717, 1.165) is 0 Å². The summed E-state index contributed by atoms with van der Waals surface area (Å²) in [5.41, 5.74) is 0. The Hall–Kier alpha value is -0.0734. The molecule has 0 unspecified atom stereocenters. The zero-order valence-corrected chi connectivity index (χ0v) is 13.4. The average molecular weight is 389 g/mol. The molecule has 0 saturated heterocycles. The van der Waals surface area contributed by atoms with Crippen LogP contribution in [0.1, 0.15) is 0 Å². The quantitative estimate of drug-likeness (QED) is 0.474. The van der Waals surface area contributed by atoms with Crippen LogP contribution in [0.25, 0.3) is 0 Å². The predicted molar refractivity (Wildman–Crippen MR) is 58.2 cm³/mol. The van der Waals surface area contributed by atoms with Gasteiger partial charge in [0.05, 0.1) is 0 Å². The molecule has 0 aliphatic rings. The van der Waals surface area contributed by atoms with Gasteiger partial charge in [-0.25, -0.2) is 0 Å². The minimum absolute atomic E-state index is 0. The van der Waals surface area contributed by atoms with Gasteiger partial charge in [0.25, 0.3) is 0 Å². The molecule has 0 saturated carbocycles. The van der Waals surface area contributed by atoms with Gasteiger partial charge in [0.2, 0.25) is 0 Å². The molecule has 6 heteroatoms. The van der Waals surface area contributed by atoms with E-state index in [0.29, 0.717) is 0 Å². The number of benzene rings is 2. The third-order valence-corrected chi connectivity index (χ3v) is 1.21. The molecule has 1 radical (unpaired) electrons. The Kier molecular flexibility index (Phi) is 15.0. The first-order chi connectivity index (χ1) is 8.00. The first-order valence-electron chi connectivity index (χ1n) is 4.55. The van der Waals surface area contributed by atoms with Crippen LogP contribution >= 0.6 is 7.82 Å². The molecule has 0 spiro atoms. The SMILES string of the molecule is O=P([O-])([O-])[O-].[Ce+3].[c-]1ccccc1.[c-]1ccccc1. The molecule has 0 atom stereocenters. The van der Waals surface area contributed by atoms with Crippen molar-refractivity contribution in [3.8, 4) is 0 Å². The monoisotopic (exact) mass is 389 g/mol. The molecule has 2 aromatic rings. The number of hydrogen-bond donors (Lipinski definition) is 0. The summed E-state index contributed by atoms with van der Waals surface area (Å²) < 4.78 is 8.55. The van der Waals surface area contributed by atoms with Gasteiger partial charge < -0.3 is 19.2 Å². The molecule has 0 aliphatic heterocycles. The number of phosphoric acid groups is 1. The topological polar surface area (TPSA) is 86.2 Å². The van der Waals surface area contributed by atoms with Gasteiger partial charge in [0.1, 0.15) is 0 Å². The smallest absolute Gasteiger partial charge is 0.822 e. The Labute approximate surface area is 140 Å². The molecule has 0 aromatic heterocycles. The van der Waals surface area contributed by atoms with Crippen molar-refractivity contribution in [3.05, 3.63) is 72.8 Å². The normalized spacial score (nSPS) is 8.61. The van der Waals surface area contributed by atoms with E-state index in [1.54, 1.807) is 0 Å². The Morgan fingerprint density at radius 3 is 0.944 bits per heavy atom. The molecular weight excluding hydrogens is 379 g/mol. The molecule has 0 bridgehead atoms. The predicted octanol–water partition coefficient (Wildman–Crippen LogP) is 0.149. The fourth-order valence-corrected chi connectivity index (χ4v) is 0.684. The van der Waals surface area contributed by atoms with Gasteiger partial charge in [-0.15, -0.1) is 0 Å². The molecule has 0 amide bonds. The van der Waals surface area contributed by atoms with Crippen molar-refractivity contribution in [2.75, 3.05) is 0 Å².